The molecule has 0 bridgehead atoms. The zero-order valence-corrected chi connectivity index (χ0v) is 11.4. The topological polar surface area (TPSA) is 30.2 Å². The first-order valence-electron chi connectivity index (χ1n) is 6.43. The van der Waals surface area contributed by atoms with Gasteiger partial charge in [0.1, 0.15) is 11.2 Å². The SMILES string of the molecule is CC(C)(C)c1cccc2oc3ccccc3c(=O)c12. The van der Waals surface area contributed by atoms with E-state index in [1.165, 1.54) is 0 Å². The van der Waals surface area contributed by atoms with Crippen molar-refractivity contribution in [3.8, 4) is 0 Å². The number of benzene rings is 2. The van der Waals surface area contributed by atoms with E-state index >= 15 is 0 Å². The van der Waals surface area contributed by atoms with Crippen LogP contribution in [0, 0.1) is 0 Å². The predicted octanol–water partition coefficient (Wildman–Crippen LogP) is 4.24. The zero-order chi connectivity index (χ0) is 13.6. The highest BCUT2D eigenvalue weighted by Crippen LogP contribution is 2.29. The molecule has 1 heterocycles. The summed E-state index contributed by atoms with van der Waals surface area (Å²) in [6, 6.07) is 13.2. The second-order valence-corrected chi connectivity index (χ2v) is 5.86. The van der Waals surface area contributed by atoms with E-state index in [0.29, 0.717) is 21.9 Å². The number of hydrogen-bond donors (Lipinski definition) is 0. The highest BCUT2D eigenvalue weighted by molar-refractivity contribution is 5.91. The van der Waals surface area contributed by atoms with Gasteiger partial charge in [-0.15, -0.1) is 0 Å². The monoisotopic (exact) mass is 252 g/mol. The average molecular weight is 252 g/mol. The molecule has 2 nitrogen and oxygen atoms in total. The van der Waals surface area contributed by atoms with Crippen LogP contribution >= 0.6 is 0 Å². The van der Waals surface area contributed by atoms with Crippen LogP contribution in [0.1, 0.15) is 26.3 Å². The van der Waals surface area contributed by atoms with E-state index in [1.54, 1.807) is 0 Å². The summed E-state index contributed by atoms with van der Waals surface area (Å²) in [5.41, 5.74) is 2.31. The van der Waals surface area contributed by atoms with E-state index in [0.717, 1.165) is 5.56 Å². The fourth-order valence-corrected chi connectivity index (χ4v) is 2.47. The van der Waals surface area contributed by atoms with Crippen molar-refractivity contribution in [3.63, 3.8) is 0 Å². The molecule has 0 aliphatic rings. The Bertz CT molecular complexity index is 820. The van der Waals surface area contributed by atoms with Crippen LogP contribution in [0.15, 0.2) is 51.7 Å². The maximum Gasteiger partial charge on any atom is 0.200 e. The van der Waals surface area contributed by atoms with Gasteiger partial charge in [0.15, 0.2) is 0 Å². The molecule has 96 valence electrons. The van der Waals surface area contributed by atoms with Gasteiger partial charge in [-0.3, -0.25) is 4.79 Å². The van der Waals surface area contributed by atoms with Crippen molar-refractivity contribution in [1.82, 2.24) is 0 Å². The van der Waals surface area contributed by atoms with E-state index < -0.39 is 0 Å². The van der Waals surface area contributed by atoms with Gasteiger partial charge in [0, 0.05) is 0 Å². The van der Waals surface area contributed by atoms with Crippen molar-refractivity contribution in [1.29, 1.82) is 0 Å². The molecule has 1 aromatic heterocycles. The number of rotatable bonds is 0. The molecule has 3 rings (SSSR count). The van der Waals surface area contributed by atoms with Crippen LogP contribution in [0.4, 0.5) is 0 Å². The third-order valence-electron chi connectivity index (χ3n) is 3.41. The second kappa shape index (κ2) is 3.95. The van der Waals surface area contributed by atoms with E-state index in [4.69, 9.17) is 4.42 Å². The van der Waals surface area contributed by atoms with Crippen molar-refractivity contribution < 1.29 is 4.42 Å². The number of hydrogen-bond acceptors (Lipinski definition) is 2. The van der Waals surface area contributed by atoms with Crippen LogP contribution < -0.4 is 5.43 Å². The third kappa shape index (κ3) is 1.84. The minimum Gasteiger partial charge on any atom is -0.456 e. The molecule has 2 heteroatoms. The van der Waals surface area contributed by atoms with Crippen LogP contribution in [0.25, 0.3) is 21.9 Å². The standard InChI is InChI=1S/C17H16O2/c1-17(2,3)12-8-6-10-14-15(12)16(18)11-7-4-5-9-13(11)19-14/h4-10H,1-3H3. The lowest BCUT2D eigenvalue weighted by Crippen LogP contribution is -2.16. The second-order valence-electron chi connectivity index (χ2n) is 5.86. The molecule has 0 aliphatic carbocycles. The van der Waals surface area contributed by atoms with Crippen LogP contribution in [0.2, 0.25) is 0 Å². The van der Waals surface area contributed by atoms with Gasteiger partial charge in [0.05, 0.1) is 10.8 Å². The smallest absolute Gasteiger partial charge is 0.200 e. The summed E-state index contributed by atoms with van der Waals surface area (Å²) in [6.45, 7) is 6.32. The Morgan fingerprint density at radius 2 is 1.58 bits per heavy atom. The molecule has 0 aliphatic heterocycles. The fraction of sp³-hybridized carbons (Fsp3) is 0.235. The molecule has 3 aromatic rings. The molecule has 0 N–H and O–H groups in total. The summed E-state index contributed by atoms with van der Waals surface area (Å²) in [6.07, 6.45) is 0. The maximum absolute atomic E-state index is 12.7. The van der Waals surface area contributed by atoms with Crippen molar-refractivity contribution in [2.45, 2.75) is 26.2 Å². The predicted molar refractivity (Wildman–Crippen MR) is 78.7 cm³/mol. The largest absolute Gasteiger partial charge is 0.456 e. The molecule has 0 saturated heterocycles. The van der Waals surface area contributed by atoms with Gasteiger partial charge in [0.25, 0.3) is 0 Å². The Kier molecular flexibility index (Phi) is 2.49. The molecule has 2 aromatic carbocycles. The minimum absolute atomic E-state index is 0.0578. The molecular formula is C17H16O2. The highest BCUT2D eigenvalue weighted by Gasteiger charge is 2.20. The van der Waals surface area contributed by atoms with Crippen LogP contribution in [0.5, 0.6) is 0 Å². The average Bonchev–Trinajstić information content (AvgIpc) is 2.37. The van der Waals surface area contributed by atoms with Gasteiger partial charge in [-0.05, 0) is 29.2 Å². The van der Waals surface area contributed by atoms with Crippen LogP contribution in [-0.2, 0) is 5.41 Å². The molecule has 19 heavy (non-hydrogen) atoms. The Morgan fingerprint density at radius 3 is 2.32 bits per heavy atom. The van der Waals surface area contributed by atoms with Crippen molar-refractivity contribution in [2.24, 2.45) is 0 Å². The molecule has 0 atom stereocenters. The maximum atomic E-state index is 12.7. The zero-order valence-electron chi connectivity index (χ0n) is 11.4. The summed E-state index contributed by atoms with van der Waals surface area (Å²) in [4.78, 5) is 12.7. The highest BCUT2D eigenvalue weighted by atomic mass is 16.3. The van der Waals surface area contributed by atoms with Crippen molar-refractivity contribution in [3.05, 3.63) is 58.3 Å². The van der Waals surface area contributed by atoms with Gasteiger partial charge in [0.2, 0.25) is 5.43 Å². The van der Waals surface area contributed by atoms with Crippen molar-refractivity contribution >= 4 is 21.9 Å². The van der Waals surface area contributed by atoms with Gasteiger partial charge in [-0.25, -0.2) is 0 Å². The summed E-state index contributed by atoms with van der Waals surface area (Å²) in [7, 11) is 0. The molecule has 0 unspecified atom stereocenters. The Hall–Kier alpha value is -2.09. The van der Waals surface area contributed by atoms with Gasteiger partial charge < -0.3 is 4.42 Å². The Balaban J connectivity index is 2.57. The lowest BCUT2D eigenvalue weighted by molar-refractivity contribution is 0.592. The first-order valence-corrected chi connectivity index (χ1v) is 6.43. The summed E-state index contributed by atoms with van der Waals surface area (Å²) in [5, 5.41) is 1.35. The Morgan fingerprint density at radius 1 is 0.895 bits per heavy atom. The third-order valence-corrected chi connectivity index (χ3v) is 3.41. The lowest BCUT2D eigenvalue weighted by atomic mass is 9.84. The van der Waals surface area contributed by atoms with Gasteiger partial charge in [-0.2, -0.15) is 0 Å². The quantitative estimate of drug-likeness (QED) is 0.560. The normalized spacial score (nSPS) is 12.2. The summed E-state index contributed by atoms with van der Waals surface area (Å²) < 4.78 is 5.86. The molecule has 0 saturated carbocycles. The van der Waals surface area contributed by atoms with Crippen LogP contribution in [-0.4, -0.2) is 0 Å². The first kappa shape index (κ1) is 12.0. The molecule has 0 fully saturated rings. The van der Waals surface area contributed by atoms with E-state index in [-0.39, 0.29) is 10.8 Å². The number of fused-ring (bicyclic) bond motifs is 2. The van der Waals surface area contributed by atoms with E-state index in [1.807, 2.05) is 42.5 Å². The molecular weight excluding hydrogens is 236 g/mol. The van der Waals surface area contributed by atoms with Crippen molar-refractivity contribution in [2.75, 3.05) is 0 Å². The summed E-state index contributed by atoms with van der Waals surface area (Å²) in [5.74, 6) is 0. The number of para-hydroxylation sites is 1. The molecule has 0 spiro atoms. The molecule has 0 amide bonds. The first-order chi connectivity index (χ1) is 8.98. The summed E-state index contributed by atoms with van der Waals surface area (Å²) >= 11 is 0. The fourth-order valence-electron chi connectivity index (χ4n) is 2.47. The lowest BCUT2D eigenvalue weighted by Gasteiger charge is -2.20. The molecule has 0 radical (unpaired) electrons. The van der Waals surface area contributed by atoms with Gasteiger partial charge >= 0.3 is 0 Å². The van der Waals surface area contributed by atoms with Crippen LogP contribution in [0.3, 0.4) is 0 Å². The van der Waals surface area contributed by atoms with E-state index in [9.17, 15) is 4.79 Å². The van der Waals surface area contributed by atoms with Gasteiger partial charge in [-0.1, -0.05) is 45.0 Å². The Labute approximate surface area is 111 Å². The van der Waals surface area contributed by atoms with E-state index in [2.05, 4.69) is 20.8 Å². The minimum atomic E-state index is -0.0867.